The second-order valence-corrected chi connectivity index (χ2v) is 4.98. The second kappa shape index (κ2) is 8.08. The van der Waals surface area contributed by atoms with Crippen LogP contribution in [0, 0.1) is 11.6 Å². The standard InChI is InChI=1S/C12H15F2NO3S/c13-10-2-1-9(5-11(10)14)19-4-3-12(18)15-6-8(17)7-16/h1-2,5,8,16-17H,3-4,6-7H2,(H,15,18). The summed E-state index contributed by atoms with van der Waals surface area (Å²) >= 11 is 1.23. The lowest BCUT2D eigenvalue weighted by molar-refractivity contribution is -0.121. The zero-order valence-electron chi connectivity index (χ0n) is 10.1. The number of hydrogen-bond acceptors (Lipinski definition) is 4. The Morgan fingerprint density at radius 1 is 1.37 bits per heavy atom. The van der Waals surface area contributed by atoms with E-state index in [0.717, 1.165) is 12.1 Å². The summed E-state index contributed by atoms with van der Waals surface area (Å²) in [5.74, 6) is -1.69. The van der Waals surface area contributed by atoms with E-state index < -0.39 is 24.3 Å². The summed E-state index contributed by atoms with van der Waals surface area (Å²) in [6.07, 6.45) is -0.787. The first-order valence-electron chi connectivity index (χ1n) is 5.66. The lowest BCUT2D eigenvalue weighted by atomic mass is 10.3. The van der Waals surface area contributed by atoms with Gasteiger partial charge < -0.3 is 15.5 Å². The molecule has 0 aliphatic carbocycles. The maximum absolute atomic E-state index is 12.9. The third kappa shape index (κ3) is 6.00. The van der Waals surface area contributed by atoms with Gasteiger partial charge in [0.2, 0.25) is 5.91 Å². The molecule has 0 saturated heterocycles. The lowest BCUT2D eigenvalue weighted by Crippen LogP contribution is -2.33. The number of amides is 1. The van der Waals surface area contributed by atoms with E-state index in [4.69, 9.17) is 10.2 Å². The molecule has 0 aromatic heterocycles. The van der Waals surface area contributed by atoms with Gasteiger partial charge in [0.25, 0.3) is 0 Å². The molecule has 0 saturated carbocycles. The average molecular weight is 291 g/mol. The summed E-state index contributed by atoms with van der Waals surface area (Å²) in [5.41, 5.74) is 0. The molecule has 0 spiro atoms. The fraction of sp³-hybridized carbons (Fsp3) is 0.417. The number of hydrogen-bond donors (Lipinski definition) is 3. The van der Waals surface area contributed by atoms with Crippen LogP contribution in [0.25, 0.3) is 0 Å². The molecule has 0 bridgehead atoms. The van der Waals surface area contributed by atoms with Crippen LogP contribution >= 0.6 is 11.8 Å². The van der Waals surface area contributed by atoms with Crippen molar-refractivity contribution in [2.45, 2.75) is 17.4 Å². The summed E-state index contributed by atoms with van der Waals surface area (Å²) in [5, 5.41) is 20.0. The van der Waals surface area contributed by atoms with Crippen LogP contribution in [0.5, 0.6) is 0 Å². The van der Waals surface area contributed by atoms with Crippen molar-refractivity contribution < 1.29 is 23.8 Å². The molecule has 1 aromatic carbocycles. The van der Waals surface area contributed by atoms with Gasteiger partial charge in [-0.15, -0.1) is 11.8 Å². The van der Waals surface area contributed by atoms with Crippen LogP contribution < -0.4 is 5.32 Å². The molecule has 0 fully saturated rings. The molecule has 7 heteroatoms. The average Bonchev–Trinajstić information content (AvgIpc) is 2.40. The first-order valence-corrected chi connectivity index (χ1v) is 6.65. The van der Waals surface area contributed by atoms with Crippen molar-refractivity contribution >= 4 is 17.7 Å². The van der Waals surface area contributed by atoms with Crippen molar-refractivity contribution in [3.05, 3.63) is 29.8 Å². The lowest BCUT2D eigenvalue weighted by Gasteiger charge is -2.08. The van der Waals surface area contributed by atoms with E-state index in [1.165, 1.54) is 17.8 Å². The highest BCUT2D eigenvalue weighted by Crippen LogP contribution is 2.20. The summed E-state index contributed by atoms with van der Waals surface area (Å²) in [6, 6.07) is 3.55. The Bertz CT molecular complexity index is 431. The minimum absolute atomic E-state index is 0.00875. The van der Waals surface area contributed by atoms with E-state index in [2.05, 4.69) is 5.32 Å². The number of benzene rings is 1. The number of nitrogens with one attached hydrogen (secondary N) is 1. The summed E-state index contributed by atoms with van der Waals surface area (Å²) in [4.78, 5) is 11.9. The second-order valence-electron chi connectivity index (χ2n) is 3.81. The largest absolute Gasteiger partial charge is 0.394 e. The van der Waals surface area contributed by atoms with E-state index in [0.29, 0.717) is 10.6 Å². The Labute approximate surface area is 113 Å². The van der Waals surface area contributed by atoms with Gasteiger partial charge in [-0.1, -0.05) is 0 Å². The van der Waals surface area contributed by atoms with Gasteiger partial charge >= 0.3 is 0 Å². The van der Waals surface area contributed by atoms with Gasteiger partial charge in [-0.2, -0.15) is 0 Å². The van der Waals surface area contributed by atoms with Crippen molar-refractivity contribution in [3.8, 4) is 0 Å². The first-order chi connectivity index (χ1) is 9.02. The maximum Gasteiger partial charge on any atom is 0.220 e. The highest BCUT2D eigenvalue weighted by atomic mass is 32.2. The number of carbonyl (C=O) groups excluding carboxylic acids is 1. The minimum atomic E-state index is -0.970. The highest BCUT2D eigenvalue weighted by molar-refractivity contribution is 7.99. The first kappa shape index (κ1) is 15.9. The minimum Gasteiger partial charge on any atom is -0.394 e. The molecule has 0 radical (unpaired) electrons. The fourth-order valence-corrected chi connectivity index (χ4v) is 2.09. The molecule has 1 rings (SSSR count). The summed E-state index contributed by atoms with van der Waals surface area (Å²) < 4.78 is 25.6. The Balaban J connectivity index is 2.26. The van der Waals surface area contributed by atoms with E-state index in [1.807, 2.05) is 0 Å². The topological polar surface area (TPSA) is 69.6 Å². The monoisotopic (exact) mass is 291 g/mol. The molecule has 1 unspecified atom stereocenters. The molecule has 4 nitrogen and oxygen atoms in total. The van der Waals surface area contributed by atoms with E-state index in [-0.39, 0.29) is 18.9 Å². The molecule has 106 valence electrons. The van der Waals surface area contributed by atoms with Gasteiger partial charge in [-0.25, -0.2) is 8.78 Å². The third-order valence-corrected chi connectivity index (χ3v) is 3.23. The van der Waals surface area contributed by atoms with Gasteiger partial charge in [-0.3, -0.25) is 4.79 Å². The number of rotatable bonds is 7. The predicted octanol–water partition coefficient (Wildman–Crippen LogP) is 0.916. The molecule has 0 heterocycles. The highest BCUT2D eigenvalue weighted by Gasteiger charge is 2.07. The smallest absolute Gasteiger partial charge is 0.220 e. The SMILES string of the molecule is O=C(CCSc1ccc(F)c(F)c1)NCC(O)CO. The van der Waals surface area contributed by atoms with Crippen LogP contribution in [-0.2, 0) is 4.79 Å². The van der Waals surface area contributed by atoms with Crippen molar-refractivity contribution in [2.24, 2.45) is 0 Å². The molecule has 1 atom stereocenters. The van der Waals surface area contributed by atoms with Crippen LogP contribution in [-0.4, -0.2) is 41.1 Å². The zero-order valence-corrected chi connectivity index (χ0v) is 10.9. The van der Waals surface area contributed by atoms with Crippen molar-refractivity contribution in [3.63, 3.8) is 0 Å². The molecular formula is C12H15F2NO3S. The number of halogens is 2. The van der Waals surface area contributed by atoms with Crippen LogP contribution in [0.4, 0.5) is 8.78 Å². The van der Waals surface area contributed by atoms with Crippen LogP contribution in [0.2, 0.25) is 0 Å². The van der Waals surface area contributed by atoms with Crippen LogP contribution in [0.3, 0.4) is 0 Å². The molecule has 0 aliphatic heterocycles. The van der Waals surface area contributed by atoms with Crippen molar-refractivity contribution in [1.82, 2.24) is 5.32 Å². The van der Waals surface area contributed by atoms with Gasteiger partial charge in [0.1, 0.15) is 0 Å². The molecule has 1 aromatic rings. The Morgan fingerprint density at radius 3 is 2.74 bits per heavy atom. The quantitative estimate of drug-likeness (QED) is 0.653. The number of aliphatic hydroxyl groups excluding tert-OH is 2. The molecule has 19 heavy (non-hydrogen) atoms. The van der Waals surface area contributed by atoms with E-state index >= 15 is 0 Å². The number of aliphatic hydroxyl groups is 2. The zero-order chi connectivity index (χ0) is 14.3. The van der Waals surface area contributed by atoms with Crippen molar-refractivity contribution in [1.29, 1.82) is 0 Å². The summed E-state index contributed by atoms with van der Waals surface area (Å²) in [7, 11) is 0. The van der Waals surface area contributed by atoms with Crippen LogP contribution in [0.15, 0.2) is 23.1 Å². The Morgan fingerprint density at radius 2 is 2.11 bits per heavy atom. The summed E-state index contributed by atoms with van der Waals surface area (Å²) in [6.45, 7) is -0.422. The van der Waals surface area contributed by atoms with Gasteiger partial charge in [0.05, 0.1) is 12.7 Å². The van der Waals surface area contributed by atoms with Crippen molar-refractivity contribution in [2.75, 3.05) is 18.9 Å². The fourth-order valence-electron chi connectivity index (χ4n) is 1.21. The predicted molar refractivity (Wildman–Crippen MR) is 67.8 cm³/mol. The van der Waals surface area contributed by atoms with Gasteiger partial charge in [0, 0.05) is 23.6 Å². The van der Waals surface area contributed by atoms with E-state index in [9.17, 15) is 13.6 Å². The maximum atomic E-state index is 12.9. The molecule has 1 amide bonds. The van der Waals surface area contributed by atoms with Crippen LogP contribution in [0.1, 0.15) is 6.42 Å². The normalized spacial score (nSPS) is 12.2. The van der Waals surface area contributed by atoms with Gasteiger partial charge in [-0.05, 0) is 18.2 Å². The van der Waals surface area contributed by atoms with Gasteiger partial charge in [0.15, 0.2) is 11.6 Å². The molecular weight excluding hydrogens is 276 g/mol. The number of thioether (sulfide) groups is 1. The molecule has 3 N–H and O–H groups in total. The molecule has 0 aliphatic rings. The third-order valence-electron chi connectivity index (χ3n) is 2.23. The Kier molecular flexibility index (Phi) is 6.75. The van der Waals surface area contributed by atoms with E-state index in [1.54, 1.807) is 0 Å². The number of carbonyl (C=O) groups is 1. The Hall–Kier alpha value is -1.18.